The van der Waals surface area contributed by atoms with Gasteiger partial charge in [0.05, 0.1) is 12.7 Å². The van der Waals surface area contributed by atoms with Gasteiger partial charge in [-0.1, -0.05) is 59.8 Å². The number of benzene rings is 3. The van der Waals surface area contributed by atoms with E-state index in [1.54, 1.807) is 42.5 Å². The molecule has 1 aliphatic heterocycles. The second-order valence-corrected chi connectivity index (χ2v) is 8.84. The van der Waals surface area contributed by atoms with Gasteiger partial charge in [0.25, 0.3) is 0 Å². The highest BCUT2D eigenvalue weighted by Crippen LogP contribution is 2.37. The largest absolute Gasteiger partial charge is 0.493 e. The Hall–Kier alpha value is -4.17. The summed E-state index contributed by atoms with van der Waals surface area (Å²) in [5, 5.41) is 3.91. The van der Waals surface area contributed by atoms with Gasteiger partial charge < -0.3 is 13.8 Å². The third-order valence-electron chi connectivity index (χ3n) is 5.02. The molecule has 3 aromatic carbocycles. The van der Waals surface area contributed by atoms with Crippen LogP contribution in [0.2, 0.25) is 0 Å². The van der Waals surface area contributed by atoms with Crippen molar-refractivity contribution < 1.29 is 27.0 Å². The first-order valence-corrected chi connectivity index (χ1v) is 11.7. The minimum Gasteiger partial charge on any atom is -0.493 e. The van der Waals surface area contributed by atoms with Crippen LogP contribution in [0.1, 0.15) is 16.7 Å². The third kappa shape index (κ3) is 4.77. The number of carbonyl (C=O) groups excluding carboxylic acids is 1. The highest BCUT2D eigenvalue weighted by molar-refractivity contribution is 7.87. The number of hydrogen-bond acceptors (Lipinski definition) is 7. The first-order chi connectivity index (χ1) is 16.4. The van der Waals surface area contributed by atoms with Crippen LogP contribution in [0.25, 0.3) is 6.08 Å². The maximum atomic E-state index is 12.8. The smallest absolute Gasteiger partial charge is 0.368 e. The Kier molecular flexibility index (Phi) is 6.60. The predicted molar refractivity (Wildman–Crippen MR) is 128 cm³/mol. The standard InChI is InChI=1S/C26H21NO6S/c1-3-10-20-15-18(16-22-24(27-32-26(22)28)19-11-6-4-7-12-19)17-23(31-2)25(20)33-34(29,30)21-13-8-5-9-14-21/h3-9,11-17H,1,10H2,2H3/b22-16-. The molecule has 0 unspecified atom stereocenters. The summed E-state index contributed by atoms with van der Waals surface area (Å²) in [6.45, 7) is 3.75. The van der Waals surface area contributed by atoms with Crippen molar-refractivity contribution in [3.8, 4) is 11.5 Å². The van der Waals surface area contributed by atoms with Crippen molar-refractivity contribution in [1.82, 2.24) is 0 Å². The predicted octanol–water partition coefficient (Wildman–Crippen LogP) is 4.54. The minimum absolute atomic E-state index is 0.0187. The normalized spacial score (nSPS) is 14.4. The van der Waals surface area contributed by atoms with E-state index < -0.39 is 16.1 Å². The molecule has 7 nitrogen and oxygen atoms in total. The van der Waals surface area contributed by atoms with Crippen LogP contribution in [0, 0.1) is 0 Å². The molecule has 0 aromatic heterocycles. The van der Waals surface area contributed by atoms with Gasteiger partial charge in [0, 0.05) is 11.1 Å². The highest BCUT2D eigenvalue weighted by atomic mass is 32.2. The first-order valence-electron chi connectivity index (χ1n) is 10.3. The lowest BCUT2D eigenvalue weighted by Gasteiger charge is -2.15. The lowest BCUT2D eigenvalue weighted by Crippen LogP contribution is -2.12. The van der Waals surface area contributed by atoms with Crippen LogP contribution in [0.3, 0.4) is 0 Å². The fourth-order valence-electron chi connectivity index (χ4n) is 3.45. The average molecular weight is 476 g/mol. The summed E-state index contributed by atoms with van der Waals surface area (Å²) < 4.78 is 36.6. The van der Waals surface area contributed by atoms with E-state index in [2.05, 4.69) is 11.7 Å². The van der Waals surface area contributed by atoms with E-state index in [9.17, 15) is 13.2 Å². The molecule has 0 fully saturated rings. The quantitative estimate of drug-likeness (QED) is 0.206. The van der Waals surface area contributed by atoms with Gasteiger partial charge in [-0.3, -0.25) is 0 Å². The maximum Gasteiger partial charge on any atom is 0.368 e. The number of allylic oxidation sites excluding steroid dienone is 1. The first kappa shape index (κ1) is 23.0. The number of oxime groups is 1. The van der Waals surface area contributed by atoms with Gasteiger partial charge in [0.1, 0.15) is 10.6 Å². The lowest BCUT2D eigenvalue weighted by atomic mass is 9.99. The summed E-state index contributed by atoms with van der Waals surface area (Å²) in [6, 6.07) is 20.3. The Morgan fingerprint density at radius 3 is 2.35 bits per heavy atom. The summed E-state index contributed by atoms with van der Waals surface area (Å²) >= 11 is 0. The summed E-state index contributed by atoms with van der Waals surface area (Å²) in [4.78, 5) is 17.3. The molecule has 0 saturated carbocycles. The van der Waals surface area contributed by atoms with Crippen molar-refractivity contribution in [2.45, 2.75) is 11.3 Å². The van der Waals surface area contributed by atoms with Crippen molar-refractivity contribution in [1.29, 1.82) is 0 Å². The van der Waals surface area contributed by atoms with Crippen LogP contribution in [-0.2, 0) is 26.2 Å². The summed E-state index contributed by atoms with van der Waals surface area (Å²) in [5.41, 5.74) is 2.50. The molecule has 0 radical (unpaired) electrons. The van der Waals surface area contributed by atoms with Crippen molar-refractivity contribution in [2.24, 2.45) is 5.16 Å². The molecule has 172 valence electrons. The fraction of sp³-hybridized carbons (Fsp3) is 0.0769. The van der Waals surface area contributed by atoms with Crippen LogP contribution < -0.4 is 8.92 Å². The number of rotatable bonds is 8. The number of carbonyl (C=O) groups is 1. The Bertz CT molecular complexity index is 1390. The Morgan fingerprint density at radius 2 is 1.71 bits per heavy atom. The fourth-order valence-corrected chi connectivity index (χ4v) is 4.44. The van der Waals surface area contributed by atoms with E-state index in [-0.39, 0.29) is 22.0 Å². The molecular weight excluding hydrogens is 454 g/mol. The zero-order valence-electron chi connectivity index (χ0n) is 18.3. The minimum atomic E-state index is -4.10. The summed E-state index contributed by atoms with van der Waals surface area (Å²) in [6.07, 6.45) is 3.54. The number of nitrogens with zero attached hydrogens (tertiary/aromatic N) is 1. The Morgan fingerprint density at radius 1 is 1.03 bits per heavy atom. The van der Waals surface area contributed by atoms with Gasteiger partial charge in [0.15, 0.2) is 11.5 Å². The lowest BCUT2D eigenvalue weighted by molar-refractivity contribution is -0.136. The number of ether oxygens (including phenoxy) is 1. The Labute approximate surface area is 197 Å². The Balaban J connectivity index is 1.77. The second-order valence-electron chi connectivity index (χ2n) is 7.30. The SMILES string of the molecule is C=CCc1cc(/C=C2\C(=O)ON=C2c2ccccc2)cc(OC)c1OS(=O)(=O)c1ccccc1. The molecule has 8 heteroatoms. The van der Waals surface area contributed by atoms with E-state index >= 15 is 0 Å². The number of hydrogen-bond donors (Lipinski definition) is 0. The topological polar surface area (TPSA) is 91.3 Å². The van der Waals surface area contributed by atoms with Crippen LogP contribution in [-0.4, -0.2) is 27.2 Å². The molecular formula is C26H21NO6S. The molecule has 0 saturated heterocycles. The summed E-state index contributed by atoms with van der Waals surface area (Å²) in [7, 11) is -2.69. The molecule has 0 aliphatic carbocycles. The third-order valence-corrected chi connectivity index (χ3v) is 6.25. The monoisotopic (exact) mass is 475 g/mol. The van der Waals surface area contributed by atoms with E-state index in [0.29, 0.717) is 23.3 Å². The molecule has 3 aromatic rings. The zero-order valence-corrected chi connectivity index (χ0v) is 19.1. The van der Waals surface area contributed by atoms with Crippen molar-refractivity contribution in [3.63, 3.8) is 0 Å². The molecule has 4 rings (SSSR count). The number of methoxy groups -OCH3 is 1. The van der Waals surface area contributed by atoms with Crippen molar-refractivity contribution in [2.75, 3.05) is 7.11 Å². The molecule has 1 heterocycles. The molecule has 0 bridgehead atoms. The van der Waals surface area contributed by atoms with E-state index in [1.165, 1.54) is 19.2 Å². The molecule has 1 aliphatic rings. The van der Waals surface area contributed by atoms with Gasteiger partial charge in [0.2, 0.25) is 0 Å². The van der Waals surface area contributed by atoms with Gasteiger partial charge in [-0.05, 0) is 42.3 Å². The van der Waals surface area contributed by atoms with Gasteiger partial charge in [-0.25, -0.2) is 4.79 Å². The molecule has 0 amide bonds. The molecule has 0 atom stereocenters. The van der Waals surface area contributed by atoms with Crippen LogP contribution >= 0.6 is 0 Å². The van der Waals surface area contributed by atoms with Gasteiger partial charge in [-0.15, -0.1) is 6.58 Å². The van der Waals surface area contributed by atoms with Crippen LogP contribution in [0.4, 0.5) is 0 Å². The molecule has 34 heavy (non-hydrogen) atoms. The highest BCUT2D eigenvalue weighted by Gasteiger charge is 2.27. The van der Waals surface area contributed by atoms with E-state index in [1.807, 2.05) is 30.3 Å². The summed E-state index contributed by atoms with van der Waals surface area (Å²) in [5.74, 6) is -0.343. The van der Waals surface area contributed by atoms with Crippen molar-refractivity contribution in [3.05, 3.63) is 108 Å². The van der Waals surface area contributed by atoms with E-state index in [4.69, 9.17) is 13.8 Å². The van der Waals surface area contributed by atoms with Crippen LogP contribution in [0.15, 0.2) is 101 Å². The van der Waals surface area contributed by atoms with Gasteiger partial charge >= 0.3 is 16.1 Å². The van der Waals surface area contributed by atoms with E-state index in [0.717, 1.165) is 5.56 Å². The van der Waals surface area contributed by atoms with Crippen LogP contribution in [0.5, 0.6) is 11.5 Å². The van der Waals surface area contributed by atoms with Crippen molar-refractivity contribution >= 4 is 27.9 Å². The zero-order chi connectivity index (χ0) is 24.1. The average Bonchev–Trinajstić information content (AvgIpc) is 3.21. The molecule has 0 spiro atoms. The maximum absolute atomic E-state index is 12.8. The second kappa shape index (κ2) is 9.76. The van der Waals surface area contributed by atoms with Gasteiger partial charge in [-0.2, -0.15) is 8.42 Å². The molecule has 0 N–H and O–H groups in total.